The van der Waals surface area contributed by atoms with Gasteiger partial charge in [-0.25, -0.2) is 0 Å². The zero-order chi connectivity index (χ0) is 10.6. The number of rotatable bonds is 4. The number of aryl methyl sites for hydroxylation is 1. The molecular formula is C9H17N5. The van der Waals surface area contributed by atoms with Crippen molar-refractivity contribution >= 4 is 5.84 Å². The lowest BCUT2D eigenvalue weighted by atomic mass is 10.2. The van der Waals surface area contributed by atoms with Crippen molar-refractivity contribution in [3.8, 4) is 0 Å². The standard InChI is InChI=1S/C9H17N5/c1-4-14-6-12-13-8(14)5-11-9(10)7(2)3/h6-7H,4-5H2,1-3H3,(H2,10,11). The summed E-state index contributed by atoms with van der Waals surface area (Å²) in [6.07, 6.45) is 1.70. The van der Waals surface area contributed by atoms with E-state index in [0.717, 1.165) is 12.4 Å². The monoisotopic (exact) mass is 195 g/mol. The van der Waals surface area contributed by atoms with Crippen molar-refractivity contribution < 1.29 is 0 Å². The lowest BCUT2D eigenvalue weighted by Crippen LogP contribution is -2.19. The summed E-state index contributed by atoms with van der Waals surface area (Å²) in [6, 6.07) is 0. The first-order valence-corrected chi connectivity index (χ1v) is 4.81. The molecule has 0 atom stereocenters. The number of aromatic nitrogens is 3. The molecular weight excluding hydrogens is 178 g/mol. The summed E-state index contributed by atoms with van der Waals surface area (Å²) in [5.41, 5.74) is 5.72. The fourth-order valence-electron chi connectivity index (χ4n) is 1.01. The number of hydrogen-bond acceptors (Lipinski definition) is 3. The van der Waals surface area contributed by atoms with Crippen LogP contribution in [0.1, 0.15) is 26.6 Å². The molecule has 0 bridgehead atoms. The Morgan fingerprint density at radius 2 is 2.36 bits per heavy atom. The van der Waals surface area contributed by atoms with E-state index in [1.54, 1.807) is 6.33 Å². The highest BCUT2D eigenvalue weighted by molar-refractivity contribution is 5.82. The summed E-state index contributed by atoms with van der Waals surface area (Å²) < 4.78 is 1.96. The van der Waals surface area contributed by atoms with Crippen molar-refractivity contribution in [3.05, 3.63) is 12.2 Å². The van der Waals surface area contributed by atoms with Crippen LogP contribution in [-0.4, -0.2) is 20.6 Å². The zero-order valence-corrected chi connectivity index (χ0v) is 8.94. The van der Waals surface area contributed by atoms with Crippen LogP contribution in [0.25, 0.3) is 0 Å². The van der Waals surface area contributed by atoms with Crippen LogP contribution in [0.2, 0.25) is 0 Å². The van der Waals surface area contributed by atoms with Crippen molar-refractivity contribution in [1.82, 2.24) is 14.8 Å². The second kappa shape index (κ2) is 4.74. The third-order valence-electron chi connectivity index (χ3n) is 2.03. The summed E-state index contributed by atoms with van der Waals surface area (Å²) in [5, 5.41) is 7.79. The Kier molecular flexibility index (Phi) is 3.62. The minimum absolute atomic E-state index is 0.285. The van der Waals surface area contributed by atoms with Crippen molar-refractivity contribution in [1.29, 1.82) is 0 Å². The van der Waals surface area contributed by atoms with E-state index in [1.807, 2.05) is 25.3 Å². The maximum atomic E-state index is 5.72. The molecule has 0 saturated carbocycles. The van der Waals surface area contributed by atoms with Gasteiger partial charge in [-0.15, -0.1) is 10.2 Å². The Labute approximate surface area is 84.0 Å². The number of nitrogens with zero attached hydrogens (tertiary/aromatic N) is 4. The minimum Gasteiger partial charge on any atom is -0.387 e. The van der Waals surface area contributed by atoms with Crippen molar-refractivity contribution in [2.24, 2.45) is 16.6 Å². The van der Waals surface area contributed by atoms with E-state index in [1.165, 1.54) is 0 Å². The molecule has 0 radical (unpaired) electrons. The average molecular weight is 195 g/mol. The van der Waals surface area contributed by atoms with Gasteiger partial charge in [0.1, 0.15) is 12.9 Å². The highest BCUT2D eigenvalue weighted by Gasteiger charge is 2.03. The van der Waals surface area contributed by atoms with Gasteiger partial charge < -0.3 is 10.3 Å². The van der Waals surface area contributed by atoms with Crippen LogP contribution in [-0.2, 0) is 13.1 Å². The summed E-state index contributed by atoms with van der Waals surface area (Å²) in [4.78, 5) is 4.25. The minimum atomic E-state index is 0.285. The summed E-state index contributed by atoms with van der Waals surface area (Å²) >= 11 is 0. The first-order valence-electron chi connectivity index (χ1n) is 4.81. The second-order valence-electron chi connectivity index (χ2n) is 3.43. The van der Waals surface area contributed by atoms with Crippen LogP contribution in [0.3, 0.4) is 0 Å². The van der Waals surface area contributed by atoms with Crippen LogP contribution in [0.4, 0.5) is 0 Å². The predicted octanol–water partition coefficient (Wildman–Crippen LogP) is 0.811. The van der Waals surface area contributed by atoms with E-state index in [2.05, 4.69) is 15.2 Å². The summed E-state index contributed by atoms with van der Waals surface area (Å²) in [6.45, 7) is 7.45. The van der Waals surface area contributed by atoms with Gasteiger partial charge in [0.2, 0.25) is 0 Å². The van der Waals surface area contributed by atoms with E-state index in [0.29, 0.717) is 12.4 Å². The molecule has 0 aliphatic heterocycles. The first kappa shape index (κ1) is 10.7. The van der Waals surface area contributed by atoms with Crippen LogP contribution >= 0.6 is 0 Å². The topological polar surface area (TPSA) is 69.1 Å². The maximum absolute atomic E-state index is 5.72. The number of hydrogen-bond donors (Lipinski definition) is 1. The van der Waals surface area contributed by atoms with E-state index in [-0.39, 0.29) is 5.92 Å². The summed E-state index contributed by atoms with van der Waals surface area (Å²) in [5.74, 6) is 1.81. The molecule has 2 N–H and O–H groups in total. The Morgan fingerprint density at radius 3 is 2.93 bits per heavy atom. The van der Waals surface area contributed by atoms with Crippen LogP contribution in [0.5, 0.6) is 0 Å². The Hall–Kier alpha value is -1.39. The third kappa shape index (κ3) is 2.55. The fourth-order valence-corrected chi connectivity index (χ4v) is 1.01. The van der Waals surface area contributed by atoms with Gasteiger partial charge >= 0.3 is 0 Å². The number of aliphatic imine (C=N–C) groups is 1. The quantitative estimate of drug-likeness (QED) is 0.571. The number of amidine groups is 1. The van der Waals surface area contributed by atoms with Gasteiger partial charge in [-0.05, 0) is 6.92 Å². The molecule has 1 heterocycles. The molecule has 0 aliphatic rings. The Bertz CT molecular complexity index is 313. The lowest BCUT2D eigenvalue weighted by Gasteiger charge is -2.04. The van der Waals surface area contributed by atoms with Crippen LogP contribution < -0.4 is 5.73 Å². The normalized spacial score (nSPS) is 12.4. The molecule has 1 rings (SSSR count). The SMILES string of the molecule is CCn1cnnc1CN=C(N)C(C)C. The van der Waals surface area contributed by atoms with Gasteiger partial charge in [0, 0.05) is 12.5 Å². The molecule has 14 heavy (non-hydrogen) atoms. The van der Waals surface area contributed by atoms with E-state index in [4.69, 9.17) is 5.73 Å². The van der Waals surface area contributed by atoms with Gasteiger partial charge in [0.05, 0.1) is 5.84 Å². The van der Waals surface area contributed by atoms with E-state index in [9.17, 15) is 0 Å². The van der Waals surface area contributed by atoms with E-state index < -0.39 is 0 Å². The summed E-state index contributed by atoms with van der Waals surface area (Å²) in [7, 11) is 0. The van der Waals surface area contributed by atoms with Crippen LogP contribution in [0.15, 0.2) is 11.3 Å². The molecule has 0 fully saturated rings. The van der Waals surface area contributed by atoms with Gasteiger partial charge in [-0.1, -0.05) is 13.8 Å². The molecule has 0 spiro atoms. The maximum Gasteiger partial charge on any atom is 0.154 e. The Morgan fingerprint density at radius 1 is 1.64 bits per heavy atom. The highest BCUT2D eigenvalue weighted by atomic mass is 15.3. The molecule has 78 valence electrons. The average Bonchev–Trinajstić information content (AvgIpc) is 2.60. The van der Waals surface area contributed by atoms with Crippen molar-refractivity contribution in [2.45, 2.75) is 33.9 Å². The molecule has 0 amide bonds. The molecule has 1 aromatic rings. The van der Waals surface area contributed by atoms with Gasteiger partial charge in [0.15, 0.2) is 5.82 Å². The van der Waals surface area contributed by atoms with Crippen LogP contribution in [0, 0.1) is 5.92 Å². The molecule has 0 aromatic carbocycles. The zero-order valence-electron chi connectivity index (χ0n) is 8.94. The van der Waals surface area contributed by atoms with Gasteiger partial charge in [0.25, 0.3) is 0 Å². The van der Waals surface area contributed by atoms with E-state index >= 15 is 0 Å². The molecule has 5 nitrogen and oxygen atoms in total. The van der Waals surface area contributed by atoms with Crippen molar-refractivity contribution in [2.75, 3.05) is 0 Å². The molecule has 1 aromatic heterocycles. The third-order valence-corrected chi connectivity index (χ3v) is 2.03. The van der Waals surface area contributed by atoms with Gasteiger partial charge in [-0.3, -0.25) is 4.99 Å². The highest BCUT2D eigenvalue weighted by Crippen LogP contribution is 1.99. The molecule has 0 unspecified atom stereocenters. The smallest absolute Gasteiger partial charge is 0.154 e. The second-order valence-corrected chi connectivity index (χ2v) is 3.43. The van der Waals surface area contributed by atoms with Gasteiger partial charge in [-0.2, -0.15) is 0 Å². The largest absolute Gasteiger partial charge is 0.387 e. The molecule has 0 aliphatic carbocycles. The Balaban J connectivity index is 2.65. The molecule has 5 heteroatoms. The fraction of sp³-hybridized carbons (Fsp3) is 0.667. The molecule has 0 saturated heterocycles. The number of nitrogens with two attached hydrogens (primary N) is 1. The lowest BCUT2D eigenvalue weighted by molar-refractivity contribution is 0.696. The van der Waals surface area contributed by atoms with Crippen molar-refractivity contribution in [3.63, 3.8) is 0 Å². The predicted molar refractivity (Wildman–Crippen MR) is 55.9 cm³/mol. The first-order chi connectivity index (χ1) is 6.65.